The molecule has 0 saturated heterocycles. The quantitative estimate of drug-likeness (QED) is 0.199. The Kier molecular flexibility index (Phi) is 7.58. The van der Waals surface area contributed by atoms with E-state index < -0.39 is 5.97 Å². The number of benzene rings is 2. The molecule has 0 saturated carbocycles. The lowest BCUT2D eigenvalue weighted by Crippen LogP contribution is -2.26. The van der Waals surface area contributed by atoms with Crippen LogP contribution >= 0.6 is 23.1 Å². The summed E-state index contributed by atoms with van der Waals surface area (Å²) in [4.78, 5) is 11.2. The first-order chi connectivity index (χ1) is 16.2. The van der Waals surface area contributed by atoms with Gasteiger partial charge in [-0.1, -0.05) is 80.3 Å². The maximum atomic E-state index is 11.2. The molecule has 0 fully saturated rings. The number of carboxylic acid groups (broad SMARTS) is 1. The number of thioether (sulfide) groups is 1. The number of hydrogen-bond donors (Lipinski definition) is 1. The number of aromatic carboxylic acids is 1. The van der Waals surface area contributed by atoms with E-state index in [2.05, 4.69) is 55.3 Å². The van der Waals surface area contributed by atoms with Crippen molar-refractivity contribution in [3.63, 3.8) is 0 Å². The van der Waals surface area contributed by atoms with Crippen LogP contribution < -0.4 is 0 Å². The number of rotatable bonds is 8. The van der Waals surface area contributed by atoms with Crippen molar-refractivity contribution in [2.45, 2.75) is 69.1 Å². The Hall–Kier alpha value is -2.44. The number of hydrogen-bond acceptors (Lipinski definition) is 5. The van der Waals surface area contributed by atoms with Crippen LogP contribution in [0.4, 0.5) is 0 Å². The summed E-state index contributed by atoms with van der Waals surface area (Å²) in [5.74, 6) is 0.708. The van der Waals surface area contributed by atoms with Crippen molar-refractivity contribution in [1.82, 2.24) is 10.2 Å². The van der Waals surface area contributed by atoms with Gasteiger partial charge in [0.2, 0.25) is 0 Å². The minimum absolute atomic E-state index is 0.178. The van der Waals surface area contributed by atoms with Crippen LogP contribution in [0.15, 0.2) is 40.7 Å². The second kappa shape index (κ2) is 10.4. The van der Waals surface area contributed by atoms with Crippen LogP contribution in [0.2, 0.25) is 0 Å². The first-order valence-corrected chi connectivity index (χ1v) is 13.6. The third kappa shape index (κ3) is 5.78. The topological polar surface area (TPSA) is 63.1 Å². The average molecular weight is 493 g/mol. The molecule has 0 amide bonds. The fraction of sp³-hybridized carbons (Fsp3) is 0.393. The van der Waals surface area contributed by atoms with Gasteiger partial charge in [-0.15, -0.1) is 10.2 Å². The predicted molar refractivity (Wildman–Crippen MR) is 143 cm³/mol. The molecule has 4 rings (SSSR count). The molecule has 1 heterocycles. The van der Waals surface area contributed by atoms with Crippen molar-refractivity contribution >= 4 is 41.2 Å². The Bertz CT molecular complexity index is 1200. The summed E-state index contributed by atoms with van der Waals surface area (Å²) in [7, 11) is 0. The van der Waals surface area contributed by atoms with Gasteiger partial charge in [0.25, 0.3) is 0 Å². The van der Waals surface area contributed by atoms with E-state index in [0.717, 1.165) is 33.5 Å². The molecule has 0 radical (unpaired) electrons. The standard InChI is InChI=1S/C28H32N2O2S2/c1-18-13-14-28(3,4)25-17-23(12-9-20-7-10-21(11-8-20)26(31)32)22(16-24(18)25)6-5-15-33-27-30-29-19(2)34-27/h7-12,16-18H,5-6,13-15H2,1-4H3,(H,31,32)/b12-9+. The van der Waals surface area contributed by atoms with E-state index in [0.29, 0.717) is 11.5 Å². The SMILES string of the molecule is Cc1nnc(SCCCc2cc3c(cc2/C=C/c2ccc(C(=O)O)cc2)C(C)(C)CCC3C)s1. The minimum atomic E-state index is -0.898. The van der Waals surface area contributed by atoms with Crippen molar-refractivity contribution < 1.29 is 9.90 Å². The van der Waals surface area contributed by atoms with Gasteiger partial charge in [0.1, 0.15) is 5.01 Å². The van der Waals surface area contributed by atoms with Crippen molar-refractivity contribution in [2.24, 2.45) is 0 Å². The highest BCUT2D eigenvalue weighted by Gasteiger charge is 2.31. The van der Waals surface area contributed by atoms with Crippen molar-refractivity contribution in [3.05, 3.63) is 74.8 Å². The van der Waals surface area contributed by atoms with Crippen LogP contribution in [0, 0.1) is 6.92 Å². The highest BCUT2D eigenvalue weighted by atomic mass is 32.2. The Balaban J connectivity index is 1.58. The Labute approximate surface area is 210 Å². The molecule has 1 atom stereocenters. The minimum Gasteiger partial charge on any atom is -0.478 e. The van der Waals surface area contributed by atoms with Gasteiger partial charge in [-0.05, 0) is 83.9 Å². The van der Waals surface area contributed by atoms with Crippen LogP contribution in [0.25, 0.3) is 12.2 Å². The highest BCUT2D eigenvalue weighted by Crippen LogP contribution is 2.44. The van der Waals surface area contributed by atoms with E-state index in [1.165, 1.54) is 35.1 Å². The van der Waals surface area contributed by atoms with Gasteiger partial charge >= 0.3 is 5.97 Å². The van der Waals surface area contributed by atoms with E-state index in [1.807, 2.05) is 19.1 Å². The number of carboxylic acids is 1. The van der Waals surface area contributed by atoms with Gasteiger partial charge in [-0.3, -0.25) is 0 Å². The zero-order valence-electron chi connectivity index (χ0n) is 20.3. The molecule has 0 spiro atoms. The number of aromatic nitrogens is 2. The van der Waals surface area contributed by atoms with Crippen molar-refractivity contribution in [1.29, 1.82) is 0 Å². The van der Waals surface area contributed by atoms with Crippen LogP contribution in [-0.2, 0) is 11.8 Å². The van der Waals surface area contributed by atoms with Crippen LogP contribution in [0.3, 0.4) is 0 Å². The normalized spacial score (nSPS) is 17.1. The Morgan fingerprint density at radius 2 is 1.97 bits per heavy atom. The monoisotopic (exact) mass is 492 g/mol. The molecule has 3 aromatic rings. The van der Waals surface area contributed by atoms with Gasteiger partial charge in [-0.2, -0.15) is 0 Å². The van der Waals surface area contributed by atoms with Gasteiger partial charge in [0, 0.05) is 5.75 Å². The summed E-state index contributed by atoms with van der Waals surface area (Å²) in [6.07, 6.45) is 8.82. The van der Waals surface area contributed by atoms with Crippen molar-refractivity contribution in [2.75, 3.05) is 5.75 Å². The molecule has 4 nitrogen and oxygen atoms in total. The first kappa shape index (κ1) is 24.7. The molecule has 1 aromatic heterocycles. The third-order valence-electron chi connectivity index (χ3n) is 6.71. The summed E-state index contributed by atoms with van der Waals surface area (Å²) in [5.41, 5.74) is 7.11. The molecule has 6 heteroatoms. The lowest BCUT2D eigenvalue weighted by Gasteiger charge is -2.37. The average Bonchev–Trinajstić information content (AvgIpc) is 3.23. The molecule has 0 bridgehead atoms. The van der Waals surface area contributed by atoms with Crippen LogP contribution in [-0.4, -0.2) is 27.0 Å². The second-order valence-electron chi connectivity index (χ2n) is 9.76. The zero-order valence-corrected chi connectivity index (χ0v) is 21.9. The lowest BCUT2D eigenvalue weighted by molar-refractivity contribution is 0.0697. The number of aryl methyl sites for hydroxylation is 2. The fourth-order valence-corrected chi connectivity index (χ4v) is 6.42. The molecular weight excluding hydrogens is 460 g/mol. The number of carbonyl (C=O) groups is 1. The van der Waals surface area contributed by atoms with Gasteiger partial charge < -0.3 is 5.11 Å². The predicted octanol–water partition coefficient (Wildman–Crippen LogP) is 7.61. The lowest BCUT2D eigenvalue weighted by atomic mass is 9.68. The van der Waals surface area contributed by atoms with Crippen LogP contribution in [0.5, 0.6) is 0 Å². The summed E-state index contributed by atoms with van der Waals surface area (Å²) in [5, 5.41) is 18.5. The summed E-state index contributed by atoms with van der Waals surface area (Å²) in [6, 6.07) is 11.9. The van der Waals surface area contributed by atoms with E-state index in [-0.39, 0.29) is 5.41 Å². The molecule has 0 aliphatic heterocycles. The zero-order chi connectivity index (χ0) is 24.3. The maximum Gasteiger partial charge on any atom is 0.335 e. The summed E-state index contributed by atoms with van der Waals surface area (Å²) >= 11 is 3.45. The van der Waals surface area contributed by atoms with Gasteiger partial charge in [-0.25, -0.2) is 4.79 Å². The van der Waals surface area contributed by atoms with Gasteiger partial charge in [0.15, 0.2) is 4.34 Å². The smallest absolute Gasteiger partial charge is 0.335 e. The van der Waals surface area contributed by atoms with E-state index in [9.17, 15) is 4.79 Å². The third-order valence-corrected chi connectivity index (χ3v) is 8.77. The second-order valence-corrected chi connectivity index (χ2v) is 12.3. The number of nitrogens with zero attached hydrogens (tertiary/aromatic N) is 2. The molecule has 1 aliphatic carbocycles. The Morgan fingerprint density at radius 3 is 2.65 bits per heavy atom. The van der Waals surface area contributed by atoms with E-state index in [4.69, 9.17) is 5.11 Å². The van der Waals surface area contributed by atoms with E-state index in [1.54, 1.807) is 35.2 Å². The summed E-state index contributed by atoms with van der Waals surface area (Å²) in [6.45, 7) is 9.06. The fourth-order valence-electron chi connectivity index (χ4n) is 4.59. The van der Waals surface area contributed by atoms with Crippen LogP contribution in [0.1, 0.15) is 89.1 Å². The molecular formula is C28H32N2O2S2. The molecule has 1 unspecified atom stereocenters. The van der Waals surface area contributed by atoms with E-state index >= 15 is 0 Å². The molecule has 1 N–H and O–H groups in total. The van der Waals surface area contributed by atoms with Gasteiger partial charge in [0.05, 0.1) is 5.56 Å². The number of fused-ring (bicyclic) bond motifs is 1. The summed E-state index contributed by atoms with van der Waals surface area (Å²) < 4.78 is 1.04. The first-order valence-electron chi connectivity index (χ1n) is 11.8. The molecule has 2 aromatic carbocycles. The molecule has 1 aliphatic rings. The van der Waals surface area contributed by atoms with Crippen molar-refractivity contribution in [3.8, 4) is 0 Å². The highest BCUT2D eigenvalue weighted by molar-refractivity contribution is 8.01. The largest absolute Gasteiger partial charge is 0.478 e. The molecule has 34 heavy (non-hydrogen) atoms. The molecule has 178 valence electrons. The Morgan fingerprint density at radius 1 is 1.21 bits per heavy atom. The maximum absolute atomic E-state index is 11.2.